The van der Waals surface area contributed by atoms with Crippen LogP contribution in [0.3, 0.4) is 0 Å². The number of aromatic carboxylic acids is 1. The molecule has 0 bridgehead atoms. The van der Waals surface area contributed by atoms with Crippen molar-refractivity contribution in [2.45, 2.75) is 28.1 Å². The van der Waals surface area contributed by atoms with E-state index in [4.69, 9.17) is 4.74 Å². The Morgan fingerprint density at radius 3 is 2.32 bits per heavy atom. The van der Waals surface area contributed by atoms with Crippen molar-refractivity contribution in [2.24, 2.45) is 9.98 Å². The first-order valence-corrected chi connectivity index (χ1v) is 13.3. The van der Waals surface area contributed by atoms with E-state index >= 15 is 0 Å². The fourth-order valence-corrected chi connectivity index (χ4v) is 7.37. The number of para-hydroxylation sites is 2. The van der Waals surface area contributed by atoms with Crippen molar-refractivity contribution in [1.29, 1.82) is 0 Å². The van der Waals surface area contributed by atoms with Gasteiger partial charge in [-0.1, -0.05) is 18.2 Å². The third kappa shape index (κ3) is 5.90. The van der Waals surface area contributed by atoms with E-state index in [0.29, 0.717) is 0 Å². The summed E-state index contributed by atoms with van der Waals surface area (Å²) in [5.74, 6) is -2.08. The number of carboxylic acid groups (broad SMARTS) is 1. The number of benzene rings is 2. The van der Waals surface area contributed by atoms with Gasteiger partial charge in [0.15, 0.2) is 12.4 Å². The van der Waals surface area contributed by atoms with E-state index in [1.807, 2.05) is 0 Å². The number of alkyl halides is 3. The molecule has 15 heteroatoms. The van der Waals surface area contributed by atoms with Crippen molar-refractivity contribution < 1.29 is 40.8 Å². The van der Waals surface area contributed by atoms with Gasteiger partial charge < -0.3 is 14.4 Å². The van der Waals surface area contributed by atoms with Crippen molar-refractivity contribution in [2.75, 3.05) is 6.61 Å². The van der Waals surface area contributed by atoms with E-state index in [-0.39, 0.29) is 62.8 Å². The van der Waals surface area contributed by atoms with Gasteiger partial charge in [-0.15, -0.1) is 0 Å². The number of carboxylic acids is 1. The summed E-state index contributed by atoms with van der Waals surface area (Å²) in [5, 5.41) is 9.62. The van der Waals surface area contributed by atoms with Gasteiger partial charge in [0.2, 0.25) is 0 Å². The normalized spacial score (nSPS) is 14.9. The zero-order valence-electron chi connectivity index (χ0n) is 19.0. The summed E-state index contributed by atoms with van der Waals surface area (Å²) in [6, 6.07) is 11.8. The molecule has 9 nitrogen and oxygen atoms in total. The Hall–Kier alpha value is -2.49. The fraction of sp³-hybridized carbons (Fsp3) is 0.217. The third-order valence-electron chi connectivity index (χ3n) is 5.36. The van der Waals surface area contributed by atoms with E-state index in [1.165, 1.54) is 37.3 Å². The molecular weight excluding hydrogens is 558 g/mol. The van der Waals surface area contributed by atoms with E-state index < -0.39 is 54.7 Å². The molecule has 1 unspecified atom stereocenters. The molecule has 0 spiro atoms. The second kappa shape index (κ2) is 11.3. The number of halogens is 3. The van der Waals surface area contributed by atoms with Gasteiger partial charge in [-0.2, -0.15) is 23.2 Å². The Balaban J connectivity index is 0.00000400. The van der Waals surface area contributed by atoms with Crippen molar-refractivity contribution >= 4 is 56.5 Å². The Morgan fingerprint density at radius 2 is 1.74 bits per heavy atom. The molecule has 1 aromatic heterocycles. The minimum atomic E-state index is -4.70. The van der Waals surface area contributed by atoms with Crippen LogP contribution in [0.2, 0.25) is 0 Å². The number of rotatable bonds is 8. The van der Waals surface area contributed by atoms with E-state index in [0.717, 1.165) is 18.3 Å². The van der Waals surface area contributed by atoms with Crippen LogP contribution in [0.1, 0.15) is 21.6 Å². The van der Waals surface area contributed by atoms with Crippen LogP contribution in [-0.4, -0.2) is 75.7 Å². The number of aromatic nitrogens is 1. The molecule has 0 saturated carbocycles. The van der Waals surface area contributed by atoms with Gasteiger partial charge >= 0.3 is 46.0 Å². The van der Waals surface area contributed by atoms with E-state index in [9.17, 15) is 36.0 Å². The summed E-state index contributed by atoms with van der Waals surface area (Å²) >= 11 is -2.47. The molecule has 1 atom stereocenters. The van der Waals surface area contributed by atoms with Gasteiger partial charge in [-0.3, -0.25) is 4.98 Å². The van der Waals surface area contributed by atoms with Crippen LogP contribution in [0.5, 0.6) is 5.75 Å². The summed E-state index contributed by atoms with van der Waals surface area (Å²) in [5.41, 5.74) is -0.159. The number of nitrogens with zero attached hydrogens (tertiary/aromatic N) is 3. The summed E-state index contributed by atoms with van der Waals surface area (Å²) in [6.45, 7) is -0.154. The average Bonchev–Trinajstić information content (AvgIpc) is 3.26. The standard InChI is InChI=1S/C23H18F3N3O6S2.Na.H/c1-14-19(27-10-9-20(14)35-13-22(24,25)26)12-36(32)23(28-17-7-2-3-8-18(17)29-23)37(33,34)16-6-4-5-15(11-16)21(30)31;;/h2-11H,12-13H2,1H3,(H,30,31);;. The van der Waals surface area contributed by atoms with Crippen LogP contribution in [0.4, 0.5) is 13.2 Å². The number of hydrogen-bond donors (Lipinski definition) is 1. The van der Waals surface area contributed by atoms with Crippen molar-refractivity contribution in [3.05, 3.63) is 88.3 Å². The zero-order valence-corrected chi connectivity index (χ0v) is 20.6. The fourth-order valence-electron chi connectivity index (χ4n) is 3.52. The van der Waals surface area contributed by atoms with Crippen molar-refractivity contribution in [1.82, 2.24) is 4.98 Å². The maximum atomic E-state index is 13.9. The Bertz CT molecular complexity index is 1570. The Kier molecular flexibility index (Phi) is 8.95. The molecule has 1 aliphatic heterocycles. The van der Waals surface area contributed by atoms with Gasteiger partial charge in [-0.25, -0.2) is 13.2 Å². The first-order valence-electron chi connectivity index (χ1n) is 10.5. The molecule has 1 aliphatic rings. The summed E-state index contributed by atoms with van der Waals surface area (Å²) < 4.78 is 81.6. The SMILES string of the molecule is Cc1c(OCC(F)(F)F)ccnc1C[S+]([O-])C1(S(=O)(=O)c2cccc(C(=O)O)c2)N=c2ccccc2=N1.[NaH]. The number of carbonyl (C=O) groups is 1. The molecule has 1 N–H and O–H groups in total. The summed E-state index contributed by atoms with van der Waals surface area (Å²) in [7, 11) is -4.70. The topological polar surface area (TPSA) is 141 Å². The van der Waals surface area contributed by atoms with E-state index in [1.54, 1.807) is 12.1 Å². The maximum absolute atomic E-state index is 13.9. The van der Waals surface area contributed by atoms with Gasteiger partial charge in [0.25, 0.3) is 9.84 Å². The van der Waals surface area contributed by atoms with E-state index in [2.05, 4.69) is 15.0 Å². The second-order valence-corrected chi connectivity index (χ2v) is 11.7. The molecule has 0 aliphatic carbocycles. The first kappa shape index (κ1) is 30.1. The van der Waals surface area contributed by atoms with Crippen molar-refractivity contribution in [3.63, 3.8) is 0 Å². The summed E-state index contributed by atoms with van der Waals surface area (Å²) in [6.07, 6.45) is -3.44. The number of fused-ring (bicyclic) bond motifs is 1. The predicted molar refractivity (Wildman–Crippen MR) is 132 cm³/mol. The molecule has 0 amide bonds. The summed E-state index contributed by atoms with van der Waals surface area (Å²) in [4.78, 5) is 23.4. The number of sulfone groups is 1. The molecule has 0 radical (unpaired) electrons. The molecule has 0 fully saturated rings. The predicted octanol–water partition coefficient (Wildman–Crippen LogP) is 1.67. The Morgan fingerprint density at radius 1 is 1.11 bits per heavy atom. The molecule has 196 valence electrons. The molecule has 2 heterocycles. The zero-order chi connectivity index (χ0) is 27.0. The number of hydrogen-bond acceptors (Lipinski definition) is 8. The number of ether oxygens (including phenoxy) is 1. The van der Waals surface area contributed by atoms with Gasteiger partial charge in [0.05, 0.1) is 26.9 Å². The molecule has 2 aromatic carbocycles. The van der Waals surface area contributed by atoms with Gasteiger partial charge in [0.1, 0.15) is 5.75 Å². The van der Waals surface area contributed by atoms with Gasteiger partial charge in [0, 0.05) is 22.9 Å². The quantitative estimate of drug-likeness (QED) is 0.317. The molecule has 3 aromatic rings. The van der Waals surface area contributed by atoms with Gasteiger partial charge in [-0.05, 0) is 43.3 Å². The Labute approximate surface area is 239 Å². The number of pyridine rings is 1. The third-order valence-corrected chi connectivity index (χ3v) is 9.65. The van der Waals surface area contributed by atoms with Crippen LogP contribution in [0.15, 0.2) is 75.7 Å². The minimum absolute atomic E-state index is 0. The molecule has 38 heavy (non-hydrogen) atoms. The molecule has 0 saturated heterocycles. The van der Waals surface area contributed by atoms with Crippen molar-refractivity contribution in [3.8, 4) is 5.75 Å². The monoisotopic (exact) mass is 577 g/mol. The second-order valence-electron chi connectivity index (χ2n) is 7.87. The van der Waals surface area contributed by atoms with Crippen LogP contribution in [0, 0.1) is 6.92 Å². The van der Waals surface area contributed by atoms with Crippen LogP contribution in [-0.2, 0) is 26.8 Å². The van der Waals surface area contributed by atoms with Crippen LogP contribution < -0.4 is 15.5 Å². The molecular formula is C23H19F3N3NaO6S2. The van der Waals surface area contributed by atoms with Crippen LogP contribution in [0.25, 0.3) is 0 Å². The first-order chi connectivity index (χ1) is 17.3. The molecule has 4 rings (SSSR count). The van der Waals surface area contributed by atoms with Crippen LogP contribution >= 0.6 is 0 Å². The average molecular weight is 578 g/mol.